The maximum Gasteiger partial charge on any atom is 0.358 e. The van der Waals surface area contributed by atoms with Crippen LogP contribution in [0.15, 0.2) is 12.4 Å². The Kier molecular flexibility index (Phi) is 4.38. The molecule has 1 rings (SSSR count). The van der Waals surface area contributed by atoms with Crippen molar-refractivity contribution in [2.45, 2.75) is 6.92 Å². The van der Waals surface area contributed by atoms with E-state index in [2.05, 4.69) is 14.7 Å². The number of amides is 1. The lowest BCUT2D eigenvalue weighted by Crippen LogP contribution is -2.34. The first-order chi connectivity index (χ1) is 8.08. The third-order valence-corrected chi connectivity index (χ3v) is 2.07. The molecule has 7 nitrogen and oxygen atoms in total. The van der Waals surface area contributed by atoms with E-state index in [0.29, 0.717) is 12.4 Å². The van der Waals surface area contributed by atoms with Gasteiger partial charge < -0.3 is 15.4 Å². The standard InChI is InChI=1S/C10H14N4O3/c1-3-14(6-8(11)15)9-5-12-4-7(13-9)10(16)17-2/h4-5H,3,6H2,1-2H3,(H2,11,15). The molecular weight excluding hydrogens is 224 g/mol. The summed E-state index contributed by atoms with van der Waals surface area (Å²) < 4.78 is 4.53. The highest BCUT2D eigenvalue weighted by molar-refractivity contribution is 5.87. The number of carbonyl (C=O) groups excluding carboxylic acids is 2. The van der Waals surface area contributed by atoms with Crippen molar-refractivity contribution in [3.05, 3.63) is 18.1 Å². The van der Waals surface area contributed by atoms with Crippen LogP contribution in [0.2, 0.25) is 0 Å². The van der Waals surface area contributed by atoms with Crippen LogP contribution < -0.4 is 10.6 Å². The van der Waals surface area contributed by atoms with E-state index >= 15 is 0 Å². The van der Waals surface area contributed by atoms with E-state index in [1.807, 2.05) is 6.92 Å². The van der Waals surface area contributed by atoms with Gasteiger partial charge in [0.15, 0.2) is 5.69 Å². The SMILES string of the molecule is CCN(CC(N)=O)c1cncc(C(=O)OC)n1. The van der Waals surface area contributed by atoms with Crippen molar-refractivity contribution >= 4 is 17.7 Å². The van der Waals surface area contributed by atoms with Crippen LogP contribution >= 0.6 is 0 Å². The Bertz CT molecular complexity index is 422. The van der Waals surface area contributed by atoms with Crippen molar-refractivity contribution in [3.8, 4) is 0 Å². The summed E-state index contributed by atoms with van der Waals surface area (Å²) in [5.74, 6) is -0.638. The van der Waals surface area contributed by atoms with Crippen LogP contribution in [0.4, 0.5) is 5.82 Å². The Labute approximate surface area is 98.6 Å². The molecule has 0 aromatic carbocycles. The Balaban J connectivity index is 2.96. The van der Waals surface area contributed by atoms with Crippen LogP contribution in [0.3, 0.4) is 0 Å². The van der Waals surface area contributed by atoms with E-state index in [0.717, 1.165) is 0 Å². The Morgan fingerprint density at radius 2 is 2.18 bits per heavy atom. The molecule has 7 heteroatoms. The molecule has 1 amide bonds. The predicted molar refractivity (Wildman–Crippen MR) is 60.5 cm³/mol. The Morgan fingerprint density at radius 3 is 2.71 bits per heavy atom. The van der Waals surface area contributed by atoms with E-state index in [-0.39, 0.29) is 12.2 Å². The van der Waals surface area contributed by atoms with Crippen molar-refractivity contribution in [3.63, 3.8) is 0 Å². The van der Waals surface area contributed by atoms with Crippen LogP contribution in [-0.2, 0) is 9.53 Å². The molecule has 0 bridgehead atoms. The summed E-state index contributed by atoms with van der Waals surface area (Å²) in [6, 6.07) is 0. The first kappa shape index (κ1) is 12.9. The lowest BCUT2D eigenvalue weighted by atomic mass is 10.4. The summed E-state index contributed by atoms with van der Waals surface area (Å²) >= 11 is 0. The number of ether oxygens (including phenoxy) is 1. The molecule has 92 valence electrons. The molecule has 1 aromatic rings. The van der Waals surface area contributed by atoms with E-state index < -0.39 is 11.9 Å². The van der Waals surface area contributed by atoms with Gasteiger partial charge in [-0.3, -0.25) is 9.78 Å². The maximum atomic E-state index is 11.3. The highest BCUT2D eigenvalue weighted by Gasteiger charge is 2.13. The summed E-state index contributed by atoms with van der Waals surface area (Å²) in [6.45, 7) is 2.40. The normalized spacial score (nSPS) is 9.76. The Morgan fingerprint density at radius 1 is 1.47 bits per heavy atom. The van der Waals surface area contributed by atoms with Gasteiger partial charge in [0.25, 0.3) is 0 Å². The predicted octanol–water partition coefficient (Wildman–Crippen LogP) is -0.425. The van der Waals surface area contributed by atoms with E-state index in [1.54, 1.807) is 4.90 Å². The van der Waals surface area contributed by atoms with Gasteiger partial charge in [-0.05, 0) is 6.92 Å². The molecular formula is C10H14N4O3. The number of nitrogens with zero attached hydrogens (tertiary/aromatic N) is 3. The van der Waals surface area contributed by atoms with Gasteiger partial charge in [0.1, 0.15) is 5.82 Å². The number of aromatic nitrogens is 2. The molecule has 0 saturated carbocycles. The number of hydrogen-bond acceptors (Lipinski definition) is 6. The molecule has 0 spiro atoms. The molecule has 1 heterocycles. The van der Waals surface area contributed by atoms with Gasteiger partial charge in [0, 0.05) is 6.54 Å². The van der Waals surface area contributed by atoms with Crippen LogP contribution in [0, 0.1) is 0 Å². The van der Waals surface area contributed by atoms with E-state index in [9.17, 15) is 9.59 Å². The number of carbonyl (C=O) groups is 2. The number of rotatable bonds is 5. The molecule has 2 N–H and O–H groups in total. The molecule has 1 aromatic heterocycles. The van der Waals surface area contributed by atoms with E-state index in [1.165, 1.54) is 19.5 Å². The summed E-state index contributed by atoms with van der Waals surface area (Å²) in [5, 5.41) is 0. The van der Waals surface area contributed by atoms with Crippen LogP contribution in [0.25, 0.3) is 0 Å². The number of nitrogens with two attached hydrogens (primary N) is 1. The van der Waals surface area contributed by atoms with Crippen molar-refractivity contribution in [2.75, 3.05) is 25.1 Å². The topological polar surface area (TPSA) is 98.4 Å². The molecule has 0 aliphatic carbocycles. The third kappa shape index (κ3) is 3.40. The highest BCUT2D eigenvalue weighted by Crippen LogP contribution is 2.09. The first-order valence-corrected chi connectivity index (χ1v) is 5.02. The second-order valence-electron chi connectivity index (χ2n) is 3.23. The van der Waals surface area contributed by atoms with Crippen molar-refractivity contribution in [1.29, 1.82) is 0 Å². The number of hydrogen-bond donors (Lipinski definition) is 1. The largest absolute Gasteiger partial charge is 0.464 e. The van der Waals surface area contributed by atoms with Crippen molar-refractivity contribution < 1.29 is 14.3 Å². The fourth-order valence-electron chi connectivity index (χ4n) is 1.25. The lowest BCUT2D eigenvalue weighted by molar-refractivity contribution is -0.116. The minimum atomic E-state index is -0.575. The van der Waals surface area contributed by atoms with Gasteiger partial charge >= 0.3 is 5.97 Å². The molecule has 0 saturated heterocycles. The number of primary amides is 1. The Hall–Kier alpha value is -2.18. The number of esters is 1. The van der Waals surface area contributed by atoms with Gasteiger partial charge in [-0.25, -0.2) is 9.78 Å². The number of methoxy groups -OCH3 is 1. The van der Waals surface area contributed by atoms with Crippen LogP contribution in [0.1, 0.15) is 17.4 Å². The molecule has 0 aliphatic heterocycles. The van der Waals surface area contributed by atoms with E-state index in [4.69, 9.17) is 5.73 Å². The van der Waals surface area contributed by atoms with Gasteiger partial charge in [0.2, 0.25) is 5.91 Å². The van der Waals surface area contributed by atoms with Crippen molar-refractivity contribution in [2.24, 2.45) is 5.73 Å². The summed E-state index contributed by atoms with van der Waals surface area (Å²) in [6.07, 6.45) is 2.76. The highest BCUT2D eigenvalue weighted by atomic mass is 16.5. The minimum absolute atomic E-state index is 0.0236. The number of likely N-dealkylation sites (N-methyl/N-ethyl adjacent to an activating group) is 1. The summed E-state index contributed by atoms with van der Waals surface area (Å²) in [5.41, 5.74) is 5.20. The third-order valence-electron chi connectivity index (χ3n) is 2.07. The average molecular weight is 238 g/mol. The fourth-order valence-corrected chi connectivity index (χ4v) is 1.25. The molecule has 0 atom stereocenters. The molecule has 0 radical (unpaired) electrons. The zero-order chi connectivity index (χ0) is 12.8. The fraction of sp³-hybridized carbons (Fsp3) is 0.400. The second kappa shape index (κ2) is 5.78. The smallest absolute Gasteiger partial charge is 0.358 e. The summed E-state index contributed by atoms with van der Waals surface area (Å²) in [4.78, 5) is 31.7. The lowest BCUT2D eigenvalue weighted by Gasteiger charge is -2.19. The van der Waals surface area contributed by atoms with Crippen LogP contribution in [0.5, 0.6) is 0 Å². The van der Waals surface area contributed by atoms with Gasteiger partial charge in [-0.15, -0.1) is 0 Å². The van der Waals surface area contributed by atoms with Crippen LogP contribution in [-0.4, -0.2) is 42.0 Å². The van der Waals surface area contributed by atoms with Gasteiger partial charge in [0.05, 0.1) is 26.0 Å². The minimum Gasteiger partial charge on any atom is -0.464 e. The van der Waals surface area contributed by atoms with Crippen molar-refractivity contribution in [1.82, 2.24) is 9.97 Å². The van der Waals surface area contributed by atoms with Gasteiger partial charge in [-0.2, -0.15) is 0 Å². The molecule has 0 aliphatic rings. The first-order valence-electron chi connectivity index (χ1n) is 5.02. The quantitative estimate of drug-likeness (QED) is 0.699. The molecule has 0 fully saturated rings. The molecule has 0 unspecified atom stereocenters. The second-order valence-corrected chi connectivity index (χ2v) is 3.23. The zero-order valence-electron chi connectivity index (χ0n) is 9.71. The monoisotopic (exact) mass is 238 g/mol. The summed E-state index contributed by atoms with van der Waals surface area (Å²) in [7, 11) is 1.26. The van der Waals surface area contributed by atoms with Gasteiger partial charge in [-0.1, -0.05) is 0 Å². The number of anilines is 1. The maximum absolute atomic E-state index is 11.3. The zero-order valence-corrected chi connectivity index (χ0v) is 9.71. The molecule has 17 heavy (non-hydrogen) atoms. The average Bonchev–Trinajstić information content (AvgIpc) is 2.34.